The second-order valence-electron chi connectivity index (χ2n) is 5.86. The molecule has 0 bridgehead atoms. The number of phenolic OH excluding ortho intramolecular Hbond substituents is 1. The SMILES string of the molecule is O=C1C(=O)c2c(O)cccc2C2=C1CCC(c1ccc(Cl)cc1)O2. The lowest BCUT2D eigenvalue weighted by Gasteiger charge is -2.31. The van der Waals surface area contributed by atoms with Gasteiger partial charge in [-0.3, -0.25) is 9.59 Å². The molecular weight excluding hydrogens is 328 g/mol. The normalized spacial score (nSPS) is 19.6. The van der Waals surface area contributed by atoms with Gasteiger partial charge in [0.25, 0.3) is 0 Å². The highest BCUT2D eigenvalue weighted by Gasteiger charge is 2.39. The number of phenols is 1. The van der Waals surface area contributed by atoms with Crippen LogP contribution >= 0.6 is 11.6 Å². The van der Waals surface area contributed by atoms with Gasteiger partial charge in [0.1, 0.15) is 17.6 Å². The molecule has 2 aromatic rings. The van der Waals surface area contributed by atoms with Crippen molar-refractivity contribution in [3.05, 3.63) is 69.8 Å². The maximum atomic E-state index is 12.3. The van der Waals surface area contributed by atoms with Crippen molar-refractivity contribution in [3.63, 3.8) is 0 Å². The van der Waals surface area contributed by atoms with Gasteiger partial charge in [-0.2, -0.15) is 0 Å². The minimum Gasteiger partial charge on any atom is -0.507 e. The monoisotopic (exact) mass is 340 g/mol. The number of rotatable bonds is 1. The number of halogens is 1. The standard InChI is InChI=1S/C19H13ClO4/c20-11-6-4-10(5-7-11)15-9-8-13-17(22)18(23)16-12(19(13)24-15)2-1-3-14(16)21/h1-7,15,21H,8-9H2. The summed E-state index contributed by atoms with van der Waals surface area (Å²) in [6, 6.07) is 12.1. The molecular formula is C19H13ClO4. The lowest BCUT2D eigenvalue weighted by Crippen LogP contribution is -2.28. The second kappa shape index (κ2) is 5.49. The molecule has 120 valence electrons. The van der Waals surface area contributed by atoms with Gasteiger partial charge in [0, 0.05) is 16.2 Å². The van der Waals surface area contributed by atoms with Gasteiger partial charge in [0.15, 0.2) is 0 Å². The zero-order valence-electron chi connectivity index (χ0n) is 12.6. The van der Waals surface area contributed by atoms with Crippen LogP contribution in [0.25, 0.3) is 5.76 Å². The van der Waals surface area contributed by atoms with Crippen molar-refractivity contribution in [2.24, 2.45) is 0 Å². The fourth-order valence-electron chi connectivity index (χ4n) is 3.23. The van der Waals surface area contributed by atoms with Crippen molar-refractivity contribution in [2.45, 2.75) is 18.9 Å². The van der Waals surface area contributed by atoms with Crippen LogP contribution in [0.4, 0.5) is 0 Å². The van der Waals surface area contributed by atoms with Crippen LogP contribution in [0.2, 0.25) is 5.02 Å². The van der Waals surface area contributed by atoms with Crippen molar-refractivity contribution in [1.82, 2.24) is 0 Å². The summed E-state index contributed by atoms with van der Waals surface area (Å²) < 4.78 is 6.07. The Morgan fingerprint density at radius 3 is 2.54 bits per heavy atom. The first-order valence-corrected chi connectivity index (χ1v) is 8.00. The van der Waals surface area contributed by atoms with Crippen LogP contribution < -0.4 is 0 Å². The zero-order valence-corrected chi connectivity index (χ0v) is 13.3. The number of aromatic hydroxyl groups is 1. The third-order valence-electron chi connectivity index (χ3n) is 4.43. The molecule has 0 saturated heterocycles. The summed E-state index contributed by atoms with van der Waals surface area (Å²) in [4.78, 5) is 24.6. The molecule has 1 unspecified atom stereocenters. The summed E-state index contributed by atoms with van der Waals surface area (Å²) in [5.74, 6) is -1.06. The van der Waals surface area contributed by atoms with E-state index >= 15 is 0 Å². The van der Waals surface area contributed by atoms with Crippen LogP contribution in [-0.2, 0) is 9.53 Å². The van der Waals surface area contributed by atoms with Gasteiger partial charge in [0.2, 0.25) is 11.6 Å². The van der Waals surface area contributed by atoms with E-state index in [0.717, 1.165) is 5.56 Å². The quantitative estimate of drug-likeness (QED) is 0.795. The maximum absolute atomic E-state index is 12.3. The highest BCUT2D eigenvalue weighted by atomic mass is 35.5. The molecule has 1 aliphatic carbocycles. The number of ether oxygens (including phenoxy) is 1. The van der Waals surface area contributed by atoms with E-state index in [-0.39, 0.29) is 17.4 Å². The van der Waals surface area contributed by atoms with E-state index in [1.165, 1.54) is 6.07 Å². The van der Waals surface area contributed by atoms with Crippen molar-refractivity contribution >= 4 is 28.9 Å². The molecule has 1 N–H and O–H groups in total. The number of Topliss-reactive ketones (excluding diaryl/α,β-unsaturated/α-hetero) is 2. The maximum Gasteiger partial charge on any atom is 0.237 e. The molecule has 2 aromatic carbocycles. The van der Waals surface area contributed by atoms with E-state index in [4.69, 9.17) is 16.3 Å². The molecule has 5 heteroatoms. The fraction of sp³-hybridized carbons (Fsp3) is 0.158. The number of carbonyl (C=O) groups is 2. The first-order chi connectivity index (χ1) is 11.6. The van der Waals surface area contributed by atoms with Crippen molar-refractivity contribution in [3.8, 4) is 5.75 Å². The molecule has 0 saturated carbocycles. The summed E-state index contributed by atoms with van der Waals surface area (Å²) >= 11 is 5.92. The largest absolute Gasteiger partial charge is 0.507 e. The van der Waals surface area contributed by atoms with Gasteiger partial charge in [0.05, 0.1) is 5.56 Å². The van der Waals surface area contributed by atoms with Crippen LogP contribution in [0, 0.1) is 0 Å². The Bertz CT molecular complexity index is 896. The molecule has 0 radical (unpaired) electrons. The highest BCUT2D eigenvalue weighted by Crippen LogP contribution is 2.44. The number of carbonyl (C=O) groups excluding carboxylic acids is 2. The third kappa shape index (κ3) is 2.22. The van der Waals surface area contributed by atoms with E-state index in [1.807, 2.05) is 12.1 Å². The minimum absolute atomic E-state index is 0.0259. The zero-order chi connectivity index (χ0) is 16.8. The molecule has 0 aromatic heterocycles. The Labute approximate surface area is 143 Å². The van der Waals surface area contributed by atoms with Gasteiger partial charge >= 0.3 is 0 Å². The van der Waals surface area contributed by atoms with Gasteiger partial charge in [-0.1, -0.05) is 35.9 Å². The van der Waals surface area contributed by atoms with E-state index in [2.05, 4.69) is 0 Å². The van der Waals surface area contributed by atoms with Crippen molar-refractivity contribution in [2.75, 3.05) is 0 Å². The van der Waals surface area contributed by atoms with E-state index < -0.39 is 11.6 Å². The highest BCUT2D eigenvalue weighted by molar-refractivity contribution is 6.52. The molecule has 0 fully saturated rings. The molecule has 4 nitrogen and oxygen atoms in total. The van der Waals surface area contributed by atoms with Gasteiger partial charge in [-0.25, -0.2) is 0 Å². The predicted octanol–water partition coefficient (Wildman–Crippen LogP) is 4.07. The number of hydrogen-bond donors (Lipinski definition) is 1. The molecule has 1 heterocycles. The van der Waals surface area contributed by atoms with E-state index in [1.54, 1.807) is 24.3 Å². The second-order valence-corrected chi connectivity index (χ2v) is 6.30. The Kier molecular flexibility index (Phi) is 3.43. The molecule has 1 aliphatic heterocycles. The topological polar surface area (TPSA) is 63.6 Å². The van der Waals surface area contributed by atoms with E-state index in [9.17, 15) is 14.7 Å². The Morgan fingerprint density at radius 1 is 1.04 bits per heavy atom. The van der Waals surface area contributed by atoms with Crippen LogP contribution in [0.1, 0.15) is 40.4 Å². The molecule has 1 atom stereocenters. The number of allylic oxidation sites excluding steroid dienone is 1. The lowest BCUT2D eigenvalue weighted by molar-refractivity contribution is -0.112. The van der Waals surface area contributed by atoms with Crippen LogP contribution in [-0.4, -0.2) is 16.7 Å². The van der Waals surface area contributed by atoms with Gasteiger partial charge in [-0.05, 0) is 36.6 Å². The van der Waals surface area contributed by atoms with Crippen molar-refractivity contribution in [1.29, 1.82) is 0 Å². The third-order valence-corrected chi connectivity index (χ3v) is 4.68. The van der Waals surface area contributed by atoms with E-state index in [0.29, 0.717) is 34.8 Å². The Hall–Kier alpha value is -2.59. The molecule has 4 rings (SSSR count). The Morgan fingerprint density at radius 2 is 1.79 bits per heavy atom. The molecule has 0 amide bonds. The molecule has 2 aliphatic rings. The molecule has 24 heavy (non-hydrogen) atoms. The number of ketones is 2. The number of benzene rings is 2. The van der Waals surface area contributed by atoms with Crippen LogP contribution in [0.15, 0.2) is 48.0 Å². The van der Waals surface area contributed by atoms with Crippen molar-refractivity contribution < 1.29 is 19.4 Å². The van der Waals surface area contributed by atoms with Crippen LogP contribution in [0.3, 0.4) is 0 Å². The number of fused-ring (bicyclic) bond motifs is 2. The Balaban J connectivity index is 1.79. The summed E-state index contributed by atoms with van der Waals surface area (Å²) in [6.45, 7) is 0. The summed E-state index contributed by atoms with van der Waals surface area (Å²) in [5, 5.41) is 10.6. The number of hydrogen-bond acceptors (Lipinski definition) is 4. The smallest absolute Gasteiger partial charge is 0.237 e. The average Bonchev–Trinajstić information content (AvgIpc) is 2.60. The predicted molar refractivity (Wildman–Crippen MR) is 88.9 cm³/mol. The average molecular weight is 341 g/mol. The minimum atomic E-state index is -0.671. The van der Waals surface area contributed by atoms with Crippen LogP contribution in [0.5, 0.6) is 5.75 Å². The molecule has 0 spiro atoms. The van der Waals surface area contributed by atoms with Gasteiger partial charge < -0.3 is 9.84 Å². The fourth-order valence-corrected chi connectivity index (χ4v) is 3.36. The summed E-state index contributed by atoms with van der Waals surface area (Å²) in [5.41, 5.74) is 1.85. The summed E-state index contributed by atoms with van der Waals surface area (Å²) in [6.07, 6.45) is 0.841. The first kappa shape index (κ1) is 15.0. The lowest BCUT2D eigenvalue weighted by atomic mass is 9.83. The summed E-state index contributed by atoms with van der Waals surface area (Å²) in [7, 11) is 0. The van der Waals surface area contributed by atoms with Gasteiger partial charge in [-0.15, -0.1) is 0 Å². The first-order valence-electron chi connectivity index (χ1n) is 7.63.